The lowest BCUT2D eigenvalue weighted by Crippen LogP contribution is -2.26. The van der Waals surface area contributed by atoms with Crippen LogP contribution in [-0.2, 0) is 10.0 Å². The molecule has 0 saturated carbocycles. The number of fused-ring (bicyclic) bond motifs is 1. The van der Waals surface area contributed by atoms with Gasteiger partial charge in [-0.05, 0) is 42.8 Å². The number of hydrogen-bond acceptors (Lipinski definition) is 5. The van der Waals surface area contributed by atoms with E-state index in [1.54, 1.807) is 13.0 Å². The molecule has 0 aliphatic rings. The summed E-state index contributed by atoms with van der Waals surface area (Å²) >= 11 is 0. The molecule has 0 spiro atoms. The van der Waals surface area contributed by atoms with Gasteiger partial charge in [0.25, 0.3) is 5.91 Å². The Hall–Kier alpha value is -2.94. The summed E-state index contributed by atoms with van der Waals surface area (Å²) in [5, 5.41) is 3.00. The molecule has 0 unspecified atom stereocenters. The molecule has 3 rings (SSSR count). The van der Waals surface area contributed by atoms with Crippen molar-refractivity contribution in [3.05, 3.63) is 47.3 Å². The molecule has 0 bridgehead atoms. The third-order valence-corrected chi connectivity index (χ3v) is 5.37. The number of benzene rings is 1. The zero-order valence-electron chi connectivity index (χ0n) is 17.2. The molecule has 156 valence electrons. The molecule has 29 heavy (non-hydrogen) atoms. The van der Waals surface area contributed by atoms with Crippen molar-refractivity contribution in [3.63, 3.8) is 0 Å². The van der Waals surface area contributed by atoms with Crippen LogP contribution in [0.5, 0.6) is 0 Å². The maximum Gasteiger partial charge on any atom is 0.255 e. The van der Waals surface area contributed by atoms with Gasteiger partial charge in [-0.25, -0.2) is 12.8 Å². The van der Waals surface area contributed by atoms with E-state index in [0.717, 1.165) is 10.6 Å². The van der Waals surface area contributed by atoms with Crippen molar-refractivity contribution < 1.29 is 22.0 Å². The lowest BCUT2D eigenvalue weighted by Gasteiger charge is -2.17. The van der Waals surface area contributed by atoms with Gasteiger partial charge >= 0.3 is 0 Å². The maximum atomic E-state index is 13.3. The third-order valence-electron chi connectivity index (χ3n) is 4.20. The van der Waals surface area contributed by atoms with Crippen molar-refractivity contribution in [2.75, 3.05) is 24.7 Å². The van der Waals surface area contributed by atoms with E-state index in [2.05, 4.69) is 10.3 Å². The number of nitrogens with one attached hydrogen (secondary N) is 1. The number of carbonyl (C=O) groups excluding carboxylic acids is 1. The van der Waals surface area contributed by atoms with Crippen LogP contribution in [0.2, 0.25) is 0 Å². The van der Waals surface area contributed by atoms with Crippen molar-refractivity contribution >= 4 is 32.8 Å². The first-order valence-corrected chi connectivity index (χ1v) is 10.8. The Morgan fingerprint density at radius 3 is 2.31 bits per heavy atom. The van der Waals surface area contributed by atoms with Crippen molar-refractivity contribution in [3.8, 4) is 11.3 Å². The first kappa shape index (κ1) is 22.4. The van der Waals surface area contributed by atoms with Gasteiger partial charge in [0.15, 0.2) is 0 Å². The molecule has 0 saturated heterocycles. The first-order valence-electron chi connectivity index (χ1n) is 8.99. The minimum absolute atomic E-state index is 0.115. The quantitative estimate of drug-likeness (QED) is 0.693. The maximum absolute atomic E-state index is 13.3. The van der Waals surface area contributed by atoms with E-state index in [-0.39, 0.29) is 22.9 Å². The Labute approximate surface area is 169 Å². The monoisotopic (exact) mass is 421 g/mol. The van der Waals surface area contributed by atoms with Gasteiger partial charge in [-0.15, -0.1) is 0 Å². The standard InChI is InChI=1S/C18H18FN3O4S.C2H6/c1-10-9-13-14(17(23)20-2)15(11-5-7-12(19)8-6-11)26-18(13)21-16(10)22(3)27(4,24)25;1-2/h5-9H,1-4H3,(H,20,23);1-2H3. The number of amides is 1. The highest BCUT2D eigenvalue weighted by Gasteiger charge is 2.25. The Balaban J connectivity index is 0.00000145. The minimum Gasteiger partial charge on any atom is -0.437 e. The van der Waals surface area contributed by atoms with Gasteiger partial charge in [0.05, 0.1) is 17.2 Å². The molecule has 7 nitrogen and oxygen atoms in total. The molecule has 1 N–H and O–H groups in total. The van der Waals surface area contributed by atoms with E-state index in [0.29, 0.717) is 16.5 Å². The zero-order valence-corrected chi connectivity index (χ0v) is 18.0. The van der Waals surface area contributed by atoms with Gasteiger partial charge in [-0.3, -0.25) is 9.10 Å². The summed E-state index contributed by atoms with van der Waals surface area (Å²) < 4.78 is 43.8. The number of furan rings is 1. The summed E-state index contributed by atoms with van der Waals surface area (Å²) in [6.07, 6.45) is 1.07. The third kappa shape index (κ3) is 4.40. The highest BCUT2D eigenvalue weighted by atomic mass is 32.2. The molecule has 1 aromatic carbocycles. The number of aryl methyl sites for hydroxylation is 1. The van der Waals surface area contributed by atoms with Crippen molar-refractivity contribution in [1.29, 1.82) is 0 Å². The number of rotatable bonds is 4. The molecule has 0 aliphatic heterocycles. The summed E-state index contributed by atoms with van der Waals surface area (Å²) in [4.78, 5) is 16.8. The second-order valence-electron chi connectivity index (χ2n) is 6.10. The lowest BCUT2D eigenvalue weighted by atomic mass is 10.0. The average Bonchev–Trinajstić information content (AvgIpc) is 3.05. The summed E-state index contributed by atoms with van der Waals surface area (Å²) in [6.45, 7) is 5.70. The fourth-order valence-electron chi connectivity index (χ4n) is 2.75. The van der Waals surface area contributed by atoms with Crippen molar-refractivity contribution in [2.45, 2.75) is 20.8 Å². The topological polar surface area (TPSA) is 92.5 Å². The van der Waals surface area contributed by atoms with Gasteiger partial charge in [0.1, 0.15) is 17.4 Å². The average molecular weight is 421 g/mol. The van der Waals surface area contributed by atoms with Gasteiger partial charge < -0.3 is 9.73 Å². The second-order valence-corrected chi connectivity index (χ2v) is 8.12. The van der Waals surface area contributed by atoms with Gasteiger partial charge in [-0.1, -0.05) is 13.8 Å². The molecule has 0 fully saturated rings. The molecule has 0 atom stereocenters. The van der Waals surface area contributed by atoms with E-state index >= 15 is 0 Å². The van der Waals surface area contributed by atoms with Crippen molar-refractivity contribution in [2.24, 2.45) is 0 Å². The van der Waals surface area contributed by atoms with Crippen LogP contribution < -0.4 is 9.62 Å². The predicted molar refractivity (Wildman–Crippen MR) is 112 cm³/mol. The predicted octanol–water partition coefficient (Wildman–Crippen LogP) is 3.72. The van der Waals surface area contributed by atoms with Crippen molar-refractivity contribution in [1.82, 2.24) is 10.3 Å². The Kier molecular flexibility index (Phi) is 6.63. The first-order chi connectivity index (χ1) is 13.6. The molecule has 2 aromatic heterocycles. The number of sulfonamides is 1. The van der Waals surface area contributed by atoms with E-state index < -0.39 is 21.7 Å². The fourth-order valence-corrected chi connectivity index (χ4v) is 3.24. The molecule has 2 heterocycles. The van der Waals surface area contributed by atoms with Crippen LogP contribution in [-0.4, -0.2) is 39.7 Å². The van der Waals surface area contributed by atoms with Crippen LogP contribution in [0.4, 0.5) is 10.2 Å². The summed E-state index contributed by atoms with van der Waals surface area (Å²) in [7, 11) is -0.643. The van der Waals surface area contributed by atoms with Gasteiger partial charge in [0, 0.05) is 19.7 Å². The van der Waals surface area contributed by atoms with E-state index in [9.17, 15) is 17.6 Å². The zero-order chi connectivity index (χ0) is 21.9. The Morgan fingerprint density at radius 2 is 1.79 bits per heavy atom. The molecule has 3 aromatic rings. The minimum atomic E-state index is -3.52. The summed E-state index contributed by atoms with van der Waals surface area (Å²) in [6, 6.07) is 7.17. The van der Waals surface area contributed by atoms with Crippen LogP contribution in [0.15, 0.2) is 34.7 Å². The summed E-state index contributed by atoms with van der Waals surface area (Å²) in [5.41, 5.74) is 1.43. The number of nitrogens with zero attached hydrogens (tertiary/aromatic N) is 2. The lowest BCUT2D eigenvalue weighted by molar-refractivity contribution is 0.0964. The second kappa shape index (κ2) is 8.60. The highest BCUT2D eigenvalue weighted by molar-refractivity contribution is 7.92. The van der Waals surface area contributed by atoms with E-state index in [4.69, 9.17) is 4.42 Å². The Morgan fingerprint density at radius 1 is 1.21 bits per heavy atom. The molecule has 0 radical (unpaired) electrons. The number of halogens is 1. The fraction of sp³-hybridized carbons (Fsp3) is 0.300. The van der Waals surface area contributed by atoms with E-state index in [1.165, 1.54) is 38.4 Å². The number of hydrogen-bond donors (Lipinski definition) is 1. The number of carbonyl (C=O) groups is 1. The normalized spacial score (nSPS) is 11.0. The van der Waals surface area contributed by atoms with Crippen LogP contribution in [0.25, 0.3) is 22.4 Å². The number of pyridine rings is 1. The SMILES string of the molecule is CC.CNC(=O)c1c(-c2ccc(F)cc2)oc2nc(N(C)S(C)(=O)=O)c(C)cc12. The molecular formula is C20H24FN3O4S. The van der Waals surface area contributed by atoms with Gasteiger partial charge in [-0.2, -0.15) is 4.98 Å². The molecule has 0 aliphatic carbocycles. The smallest absolute Gasteiger partial charge is 0.255 e. The van der Waals surface area contributed by atoms with Gasteiger partial charge in [0.2, 0.25) is 15.7 Å². The van der Waals surface area contributed by atoms with Crippen LogP contribution in [0.3, 0.4) is 0 Å². The largest absolute Gasteiger partial charge is 0.437 e. The number of anilines is 1. The molecule has 1 amide bonds. The van der Waals surface area contributed by atoms with Crippen LogP contribution in [0.1, 0.15) is 29.8 Å². The molecular weight excluding hydrogens is 397 g/mol. The summed E-state index contributed by atoms with van der Waals surface area (Å²) in [5.74, 6) is -0.371. The number of aromatic nitrogens is 1. The van der Waals surface area contributed by atoms with Crippen LogP contribution >= 0.6 is 0 Å². The van der Waals surface area contributed by atoms with E-state index in [1.807, 2.05) is 13.8 Å². The Bertz CT molecular complexity index is 1140. The molecule has 9 heteroatoms. The highest BCUT2D eigenvalue weighted by Crippen LogP contribution is 2.35. The van der Waals surface area contributed by atoms with Crippen LogP contribution in [0, 0.1) is 12.7 Å².